The number of ether oxygens (including phenoxy) is 1. The third kappa shape index (κ3) is 5.87. The smallest absolute Gasteiger partial charge is 0.378 e. The Bertz CT molecular complexity index is 1170. The number of anilines is 5. The molecular formula is C23H25F3N5O2P. The van der Waals surface area contributed by atoms with E-state index in [0.717, 1.165) is 25.0 Å². The normalized spacial score (nSPS) is 14.7. The number of rotatable bonds is 6. The minimum absolute atomic E-state index is 0.00404. The maximum absolute atomic E-state index is 13.6. The number of aromatic nitrogens is 2. The molecule has 2 N–H and O–H groups in total. The molecule has 0 radical (unpaired) electrons. The van der Waals surface area contributed by atoms with Gasteiger partial charge < -0.3 is 24.8 Å². The van der Waals surface area contributed by atoms with E-state index in [2.05, 4.69) is 25.5 Å². The van der Waals surface area contributed by atoms with Crippen molar-refractivity contribution in [1.29, 1.82) is 0 Å². The molecule has 0 bridgehead atoms. The third-order valence-corrected chi connectivity index (χ3v) is 6.89. The molecule has 1 aliphatic rings. The van der Waals surface area contributed by atoms with Crippen molar-refractivity contribution in [3.63, 3.8) is 0 Å². The van der Waals surface area contributed by atoms with Crippen molar-refractivity contribution >= 4 is 41.3 Å². The second-order valence-corrected chi connectivity index (χ2v) is 11.5. The van der Waals surface area contributed by atoms with E-state index in [1.165, 1.54) is 0 Å². The number of benzene rings is 2. The Morgan fingerprint density at radius 1 is 0.941 bits per heavy atom. The van der Waals surface area contributed by atoms with Crippen LogP contribution in [0.1, 0.15) is 5.56 Å². The average molecular weight is 491 g/mol. The number of halogens is 3. The Kier molecular flexibility index (Phi) is 6.81. The van der Waals surface area contributed by atoms with Crippen LogP contribution in [0.3, 0.4) is 0 Å². The predicted octanol–water partition coefficient (Wildman–Crippen LogP) is 5.07. The summed E-state index contributed by atoms with van der Waals surface area (Å²) in [5.74, 6) is -0.350. The molecule has 0 spiro atoms. The van der Waals surface area contributed by atoms with Crippen LogP contribution in [0, 0.1) is 0 Å². The van der Waals surface area contributed by atoms with Gasteiger partial charge in [-0.25, -0.2) is 4.98 Å². The number of nitrogens with zero attached hydrogens (tertiary/aromatic N) is 3. The van der Waals surface area contributed by atoms with Crippen molar-refractivity contribution in [2.45, 2.75) is 6.18 Å². The minimum atomic E-state index is -4.63. The number of morpholine rings is 1. The van der Waals surface area contributed by atoms with Gasteiger partial charge in [-0.05, 0) is 61.9 Å². The summed E-state index contributed by atoms with van der Waals surface area (Å²) in [5.41, 5.74) is 1.04. The topological polar surface area (TPSA) is 79.4 Å². The van der Waals surface area contributed by atoms with E-state index in [4.69, 9.17) is 4.74 Å². The van der Waals surface area contributed by atoms with Gasteiger partial charge in [-0.1, -0.05) is 0 Å². The van der Waals surface area contributed by atoms with Crippen LogP contribution in [0.2, 0.25) is 0 Å². The third-order valence-electron chi connectivity index (χ3n) is 5.35. The number of hydrogen-bond donors (Lipinski definition) is 2. The molecule has 0 amide bonds. The molecule has 34 heavy (non-hydrogen) atoms. The SMILES string of the molecule is CP(C)(=O)c1ccc(Nc2ncc(C(F)(F)F)c(Nc3ccc(N4CCOCC4)cc3)n2)cc1. The Morgan fingerprint density at radius 2 is 1.53 bits per heavy atom. The van der Waals surface area contributed by atoms with Gasteiger partial charge >= 0.3 is 6.18 Å². The maximum atomic E-state index is 13.6. The molecule has 0 saturated carbocycles. The average Bonchev–Trinajstić information content (AvgIpc) is 2.79. The molecule has 180 valence electrons. The molecule has 4 rings (SSSR count). The molecule has 1 aromatic heterocycles. The molecule has 0 aliphatic carbocycles. The van der Waals surface area contributed by atoms with E-state index in [-0.39, 0.29) is 11.8 Å². The van der Waals surface area contributed by atoms with E-state index in [1.54, 1.807) is 49.7 Å². The van der Waals surface area contributed by atoms with E-state index in [0.29, 0.717) is 29.9 Å². The van der Waals surface area contributed by atoms with Crippen LogP contribution in [-0.4, -0.2) is 49.6 Å². The molecular weight excluding hydrogens is 466 g/mol. The standard InChI is InChI=1S/C23H25F3N5O2P/c1-34(2,32)19-9-5-17(6-10-19)29-22-27-15-20(23(24,25)26)21(30-22)28-16-3-7-18(8-4-16)31-11-13-33-14-12-31/h3-10,15H,11-14H2,1-2H3,(H2,27,28,29,30). The summed E-state index contributed by atoms with van der Waals surface area (Å²) in [4.78, 5) is 10.1. The summed E-state index contributed by atoms with van der Waals surface area (Å²) in [7, 11) is -2.41. The zero-order valence-corrected chi connectivity index (χ0v) is 19.7. The molecule has 1 fully saturated rings. The second-order valence-electron chi connectivity index (χ2n) is 8.25. The lowest BCUT2D eigenvalue weighted by Crippen LogP contribution is -2.36. The zero-order valence-electron chi connectivity index (χ0n) is 18.8. The van der Waals surface area contributed by atoms with Crippen molar-refractivity contribution in [2.24, 2.45) is 0 Å². The summed E-state index contributed by atoms with van der Waals surface area (Å²) >= 11 is 0. The van der Waals surface area contributed by atoms with Crippen molar-refractivity contribution in [1.82, 2.24) is 9.97 Å². The van der Waals surface area contributed by atoms with Gasteiger partial charge in [0.1, 0.15) is 18.5 Å². The Labute approximate surface area is 195 Å². The van der Waals surface area contributed by atoms with Crippen LogP contribution < -0.4 is 20.8 Å². The summed E-state index contributed by atoms with van der Waals surface area (Å²) < 4.78 is 58.3. The van der Waals surface area contributed by atoms with Crippen molar-refractivity contribution in [2.75, 3.05) is 55.2 Å². The zero-order chi connectivity index (χ0) is 24.3. The van der Waals surface area contributed by atoms with Crippen LogP contribution >= 0.6 is 7.14 Å². The van der Waals surface area contributed by atoms with Gasteiger partial charge in [-0.15, -0.1) is 0 Å². The lowest BCUT2D eigenvalue weighted by atomic mass is 10.2. The Morgan fingerprint density at radius 3 is 2.12 bits per heavy atom. The maximum Gasteiger partial charge on any atom is 0.421 e. The summed E-state index contributed by atoms with van der Waals surface area (Å²) in [6.07, 6.45) is -3.87. The molecule has 11 heteroatoms. The van der Waals surface area contributed by atoms with Crippen molar-refractivity contribution in [3.8, 4) is 0 Å². The molecule has 3 aromatic rings. The highest BCUT2D eigenvalue weighted by molar-refractivity contribution is 7.70. The predicted molar refractivity (Wildman–Crippen MR) is 129 cm³/mol. The summed E-state index contributed by atoms with van der Waals surface area (Å²) in [6, 6.07) is 13.9. The highest BCUT2D eigenvalue weighted by Crippen LogP contribution is 2.36. The van der Waals surface area contributed by atoms with Crippen LogP contribution in [0.15, 0.2) is 54.7 Å². The van der Waals surface area contributed by atoms with Crippen LogP contribution in [0.25, 0.3) is 0 Å². The lowest BCUT2D eigenvalue weighted by Gasteiger charge is -2.29. The highest BCUT2D eigenvalue weighted by Gasteiger charge is 2.35. The monoisotopic (exact) mass is 491 g/mol. The number of alkyl halides is 3. The fraction of sp³-hybridized carbons (Fsp3) is 0.304. The van der Waals surface area contributed by atoms with Crippen LogP contribution in [0.4, 0.5) is 42.0 Å². The first-order valence-electron chi connectivity index (χ1n) is 10.7. The quantitative estimate of drug-likeness (QED) is 0.467. The van der Waals surface area contributed by atoms with Gasteiger partial charge in [-0.3, -0.25) is 0 Å². The second kappa shape index (κ2) is 9.64. The fourth-order valence-electron chi connectivity index (χ4n) is 3.49. The van der Waals surface area contributed by atoms with Gasteiger partial charge in [0.05, 0.1) is 13.2 Å². The molecule has 2 aromatic carbocycles. The molecule has 1 saturated heterocycles. The summed E-state index contributed by atoms with van der Waals surface area (Å²) in [6.45, 7) is 6.15. The van der Waals surface area contributed by atoms with Crippen LogP contribution in [-0.2, 0) is 15.5 Å². The van der Waals surface area contributed by atoms with Crippen molar-refractivity contribution < 1.29 is 22.5 Å². The van der Waals surface area contributed by atoms with E-state index in [1.807, 2.05) is 12.1 Å². The largest absolute Gasteiger partial charge is 0.421 e. The van der Waals surface area contributed by atoms with Crippen LogP contribution in [0.5, 0.6) is 0 Å². The Balaban J connectivity index is 1.55. The molecule has 7 nitrogen and oxygen atoms in total. The van der Waals surface area contributed by atoms with E-state index < -0.39 is 18.9 Å². The van der Waals surface area contributed by atoms with E-state index in [9.17, 15) is 17.7 Å². The fourth-order valence-corrected chi connectivity index (χ4v) is 4.36. The molecule has 0 unspecified atom stereocenters. The van der Waals surface area contributed by atoms with Crippen molar-refractivity contribution in [3.05, 3.63) is 60.3 Å². The number of hydrogen-bond acceptors (Lipinski definition) is 7. The lowest BCUT2D eigenvalue weighted by molar-refractivity contribution is -0.137. The first kappa shape index (κ1) is 24.0. The van der Waals surface area contributed by atoms with Gasteiger partial charge in [0.25, 0.3) is 0 Å². The molecule has 0 atom stereocenters. The number of nitrogens with one attached hydrogen (secondary N) is 2. The van der Waals surface area contributed by atoms with Gasteiger partial charge in [0.15, 0.2) is 0 Å². The minimum Gasteiger partial charge on any atom is -0.378 e. The Hall–Kier alpha value is -3.10. The van der Waals surface area contributed by atoms with Gasteiger partial charge in [0, 0.05) is 41.7 Å². The first-order chi connectivity index (χ1) is 16.1. The van der Waals surface area contributed by atoms with E-state index >= 15 is 0 Å². The first-order valence-corrected chi connectivity index (χ1v) is 13.3. The van der Waals surface area contributed by atoms with Gasteiger partial charge in [0.2, 0.25) is 5.95 Å². The van der Waals surface area contributed by atoms with Gasteiger partial charge in [-0.2, -0.15) is 18.2 Å². The molecule has 2 heterocycles. The highest BCUT2D eigenvalue weighted by atomic mass is 31.2. The molecule has 1 aliphatic heterocycles. The summed E-state index contributed by atoms with van der Waals surface area (Å²) in [5, 5.41) is 6.38.